The molecular weight excluding hydrogens is 242 g/mol. The van der Waals surface area contributed by atoms with E-state index in [4.69, 9.17) is 4.74 Å². The van der Waals surface area contributed by atoms with Crippen LogP contribution < -0.4 is 5.32 Å². The number of aliphatic carboxylic acids is 1. The van der Waals surface area contributed by atoms with Gasteiger partial charge in [-0.15, -0.1) is 0 Å². The van der Waals surface area contributed by atoms with Crippen molar-refractivity contribution in [1.29, 1.82) is 0 Å². The van der Waals surface area contributed by atoms with Crippen LogP contribution in [0.15, 0.2) is 24.3 Å². The second-order valence-corrected chi connectivity index (χ2v) is 5.43. The first kappa shape index (κ1) is 12.6. The maximum Gasteiger partial charge on any atom is 0.324 e. The normalized spacial score (nSPS) is 30.0. The summed E-state index contributed by atoms with van der Waals surface area (Å²) in [5.41, 5.74) is 1.63. The fourth-order valence-corrected chi connectivity index (χ4v) is 3.21. The van der Waals surface area contributed by atoms with Crippen LogP contribution in [0.3, 0.4) is 0 Å². The molecule has 2 atom stereocenters. The lowest BCUT2D eigenvalue weighted by molar-refractivity contribution is -0.146. The fourth-order valence-electron chi connectivity index (χ4n) is 3.21. The van der Waals surface area contributed by atoms with Crippen molar-refractivity contribution in [3.63, 3.8) is 0 Å². The number of fused-ring (bicyclic) bond motifs is 1. The number of ether oxygens (including phenoxy) is 1. The molecule has 2 N–H and O–H groups in total. The molecule has 1 fully saturated rings. The van der Waals surface area contributed by atoms with Crippen molar-refractivity contribution in [2.75, 3.05) is 13.2 Å². The second-order valence-electron chi connectivity index (χ2n) is 5.43. The fraction of sp³-hybridized carbons (Fsp3) is 0.533. The summed E-state index contributed by atoms with van der Waals surface area (Å²) in [4.78, 5) is 11.6. The van der Waals surface area contributed by atoms with Crippen LogP contribution in [0.5, 0.6) is 0 Å². The smallest absolute Gasteiger partial charge is 0.324 e. The lowest BCUT2D eigenvalue weighted by Crippen LogP contribution is -2.49. The van der Waals surface area contributed by atoms with Crippen LogP contribution in [0, 0.1) is 0 Å². The maximum absolute atomic E-state index is 11.6. The molecule has 102 valence electrons. The van der Waals surface area contributed by atoms with Gasteiger partial charge in [0.25, 0.3) is 0 Å². The van der Waals surface area contributed by atoms with Gasteiger partial charge in [-0.05, 0) is 36.9 Å². The Morgan fingerprint density at radius 3 is 3.05 bits per heavy atom. The Labute approximate surface area is 112 Å². The van der Waals surface area contributed by atoms with E-state index in [1.807, 2.05) is 12.1 Å². The molecule has 1 saturated heterocycles. The average molecular weight is 261 g/mol. The van der Waals surface area contributed by atoms with Crippen molar-refractivity contribution in [1.82, 2.24) is 5.32 Å². The molecule has 0 spiro atoms. The minimum atomic E-state index is -0.810. The molecule has 3 rings (SSSR count). The Morgan fingerprint density at radius 2 is 2.32 bits per heavy atom. The molecule has 2 unspecified atom stereocenters. The molecule has 2 heterocycles. The minimum Gasteiger partial charge on any atom is -0.480 e. The van der Waals surface area contributed by atoms with Gasteiger partial charge in [0.05, 0.1) is 12.7 Å². The number of carboxylic acid groups (broad SMARTS) is 1. The standard InChI is InChI=1S/C15H19NO3/c17-14(18)15(7-3-8-16-15)10-13-12-5-2-1-4-11(12)6-9-19-13/h1-2,4-5,13,16H,3,6-10H2,(H,17,18). The Kier molecular flexibility index (Phi) is 3.29. The third kappa shape index (κ3) is 2.26. The van der Waals surface area contributed by atoms with Gasteiger partial charge in [-0.3, -0.25) is 4.79 Å². The minimum absolute atomic E-state index is 0.105. The molecule has 0 bridgehead atoms. The van der Waals surface area contributed by atoms with E-state index in [-0.39, 0.29) is 6.10 Å². The third-order valence-electron chi connectivity index (χ3n) is 4.28. The van der Waals surface area contributed by atoms with E-state index < -0.39 is 11.5 Å². The van der Waals surface area contributed by atoms with Crippen LogP contribution in [0.25, 0.3) is 0 Å². The Morgan fingerprint density at radius 1 is 1.47 bits per heavy atom. The molecule has 1 aromatic carbocycles. The molecule has 4 heteroatoms. The van der Waals surface area contributed by atoms with Crippen LogP contribution >= 0.6 is 0 Å². The highest BCUT2D eigenvalue weighted by molar-refractivity contribution is 5.79. The number of rotatable bonds is 3. The second kappa shape index (κ2) is 4.94. The molecule has 2 aliphatic rings. The summed E-state index contributed by atoms with van der Waals surface area (Å²) in [6.07, 6.45) is 2.93. The van der Waals surface area contributed by atoms with E-state index in [2.05, 4.69) is 17.4 Å². The lowest BCUT2D eigenvalue weighted by Gasteiger charge is -2.33. The summed E-state index contributed by atoms with van der Waals surface area (Å²) >= 11 is 0. The molecular formula is C15H19NO3. The molecule has 0 amide bonds. The number of carbonyl (C=O) groups is 1. The van der Waals surface area contributed by atoms with Gasteiger partial charge in [0.1, 0.15) is 5.54 Å². The average Bonchev–Trinajstić information content (AvgIpc) is 2.89. The SMILES string of the molecule is O=C(O)C1(CC2OCCc3ccccc32)CCCN1. The lowest BCUT2D eigenvalue weighted by atomic mass is 9.85. The van der Waals surface area contributed by atoms with Crippen LogP contribution in [0.4, 0.5) is 0 Å². The highest BCUT2D eigenvalue weighted by Crippen LogP contribution is 2.36. The predicted molar refractivity (Wildman–Crippen MR) is 71.1 cm³/mol. The first-order valence-corrected chi connectivity index (χ1v) is 6.89. The summed E-state index contributed by atoms with van der Waals surface area (Å²) in [5, 5.41) is 12.7. The number of benzene rings is 1. The third-order valence-corrected chi connectivity index (χ3v) is 4.28. The largest absolute Gasteiger partial charge is 0.480 e. The van der Waals surface area contributed by atoms with Gasteiger partial charge < -0.3 is 15.2 Å². The zero-order valence-corrected chi connectivity index (χ0v) is 10.9. The van der Waals surface area contributed by atoms with E-state index >= 15 is 0 Å². The molecule has 2 aliphatic heterocycles. The van der Waals surface area contributed by atoms with Gasteiger partial charge in [0.15, 0.2) is 0 Å². The van der Waals surface area contributed by atoms with Crippen molar-refractivity contribution in [3.8, 4) is 0 Å². The Bertz CT molecular complexity index is 480. The molecule has 0 radical (unpaired) electrons. The monoisotopic (exact) mass is 261 g/mol. The number of carboxylic acids is 1. The van der Waals surface area contributed by atoms with Gasteiger partial charge in [0.2, 0.25) is 0 Å². The highest BCUT2D eigenvalue weighted by atomic mass is 16.5. The Balaban J connectivity index is 1.86. The van der Waals surface area contributed by atoms with E-state index in [1.54, 1.807) is 0 Å². The molecule has 0 aliphatic carbocycles. The summed E-state index contributed by atoms with van der Waals surface area (Å²) in [6.45, 7) is 1.46. The van der Waals surface area contributed by atoms with Crippen molar-refractivity contribution in [2.45, 2.75) is 37.3 Å². The van der Waals surface area contributed by atoms with E-state index in [9.17, 15) is 9.90 Å². The molecule has 1 aromatic rings. The molecule has 4 nitrogen and oxygen atoms in total. The number of hydrogen-bond donors (Lipinski definition) is 2. The quantitative estimate of drug-likeness (QED) is 0.872. The summed E-state index contributed by atoms with van der Waals surface area (Å²) in [6, 6.07) is 8.20. The molecule has 0 saturated carbocycles. The van der Waals surface area contributed by atoms with Gasteiger partial charge >= 0.3 is 5.97 Å². The van der Waals surface area contributed by atoms with Crippen LogP contribution in [-0.2, 0) is 16.0 Å². The Hall–Kier alpha value is -1.39. The summed E-state index contributed by atoms with van der Waals surface area (Å²) in [5.74, 6) is -0.753. The van der Waals surface area contributed by atoms with Gasteiger partial charge in [-0.2, -0.15) is 0 Å². The molecule has 19 heavy (non-hydrogen) atoms. The van der Waals surface area contributed by atoms with Crippen LogP contribution in [0.1, 0.15) is 36.5 Å². The van der Waals surface area contributed by atoms with Gasteiger partial charge in [0, 0.05) is 6.42 Å². The number of nitrogens with one attached hydrogen (secondary N) is 1. The van der Waals surface area contributed by atoms with Crippen molar-refractivity contribution < 1.29 is 14.6 Å². The van der Waals surface area contributed by atoms with Crippen molar-refractivity contribution in [3.05, 3.63) is 35.4 Å². The first-order valence-electron chi connectivity index (χ1n) is 6.89. The molecule has 0 aromatic heterocycles. The summed E-state index contributed by atoms with van der Waals surface area (Å²) < 4.78 is 5.84. The van der Waals surface area contributed by atoms with E-state index in [1.165, 1.54) is 5.56 Å². The zero-order valence-electron chi connectivity index (χ0n) is 10.9. The zero-order chi connectivity index (χ0) is 13.3. The predicted octanol–water partition coefficient (Wildman–Crippen LogP) is 1.90. The van der Waals surface area contributed by atoms with Crippen molar-refractivity contribution >= 4 is 5.97 Å². The van der Waals surface area contributed by atoms with E-state index in [0.717, 1.165) is 24.9 Å². The maximum atomic E-state index is 11.6. The number of hydrogen-bond acceptors (Lipinski definition) is 3. The van der Waals surface area contributed by atoms with Gasteiger partial charge in [-0.1, -0.05) is 24.3 Å². The van der Waals surface area contributed by atoms with E-state index in [0.29, 0.717) is 19.4 Å². The van der Waals surface area contributed by atoms with Crippen LogP contribution in [-0.4, -0.2) is 29.8 Å². The topological polar surface area (TPSA) is 58.6 Å². The highest BCUT2D eigenvalue weighted by Gasteiger charge is 2.44. The first-order chi connectivity index (χ1) is 9.21. The summed E-state index contributed by atoms with van der Waals surface area (Å²) in [7, 11) is 0. The van der Waals surface area contributed by atoms with Crippen molar-refractivity contribution in [2.24, 2.45) is 0 Å². The van der Waals surface area contributed by atoms with Gasteiger partial charge in [-0.25, -0.2) is 0 Å². The van der Waals surface area contributed by atoms with Crippen LogP contribution in [0.2, 0.25) is 0 Å².